The first kappa shape index (κ1) is 9.85. The van der Waals surface area contributed by atoms with Gasteiger partial charge in [-0.2, -0.15) is 5.26 Å². The van der Waals surface area contributed by atoms with Crippen LogP contribution in [0.3, 0.4) is 0 Å². The summed E-state index contributed by atoms with van der Waals surface area (Å²) in [6, 6.07) is 6.19. The second kappa shape index (κ2) is 3.82. The monoisotopic (exact) mass is 203 g/mol. The summed E-state index contributed by atoms with van der Waals surface area (Å²) in [7, 11) is 0. The average molecular weight is 203 g/mol. The van der Waals surface area contributed by atoms with Crippen LogP contribution < -0.4 is 0 Å². The van der Waals surface area contributed by atoms with E-state index in [4.69, 9.17) is 5.26 Å². The summed E-state index contributed by atoms with van der Waals surface area (Å²) in [5.41, 5.74) is 0.734. The van der Waals surface area contributed by atoms with Gasteiger partial charge in [0.15, 0.2) is 0 Å². The molecule has 2 nitrogen and oxygen atoms in total. The van der Waals surface area contributed by atoms with E-state index in [1.807, 2.05) is 0 Å². The van der Waals surface area contributed by atoms with Crippen LogP contribution in [0.5, 0.6) is 0 Å². The number of nitrogens with zero attached hydrogens (tertiary/aromatic N) is 1. The third-order valence-corrected chi connectivity index (χ3v) is 2.82. The highest BCUT2D eigenvalue weighted by Gasteiger charge is 2.26. The van der Waals surface area contributed by atoms with Crippen LogP contribution in [-0.4, -0.2) is 5.78 Å². The normalized spacial score (nSPS) is 20.3. The molecule has 2 rings (SSSR count). The lowest BCUT2D eigenvalue weighted by molar-refractivity contribution is -0.118. The smallest absolute Gasteiger partial charge is 0.141 e. The number of hydrogen-bond donors (Lipinski definition) is 0. The second-order valence-electron chi connectivity index (χ2n) is 3.76. The van der Waals surface area contributed by atoms with Gasteiger partial charge in [-0.1, -0.05) is 6.07 Å². The van der Waals surface area contributed by atoms with Crippen LogP contribution in [0, 0.1) is 17.1 Å². The van der Waals surface area contributed by atoms with Gasteiger partial charge in [0, 0.05) is 12.3 Å². The van der Waals surface area contributed by atoms with E-state index in [1.165, 1.54) is 12.1 Å². The Hall–Kier alpha value is -1.69. The number of carbonyl (C=O) groups is 1. The first-order valence-corrected chi connectivity index (χ1v) is 4.94. The first-order valence-electron chi connectivity index (χ1n) is 4.94. The lowest BCUT2D eigenvalue weighted by Crippen LogP contribution is -2.04. The molecule has 0 spiro atoms. The maximum Gasteiger partial charge on any atom is 0.141 e. The van der Waals surface area contributed by atoms with Crippen LogP contribution in [0.25, 0.3) is 0 Å². The lowest BCUT2D eigenvalue weighted by atomic mass is 9.96. The standard InChI is InChI=1S/C12H10FNO/c13-11-6-8(4-5-9(11)7-14)10-2-1-3-12(10)15/h4-6,10H,1-3H2. The molecule has 0 saturated heterocycles. The molecule has 15 heavy (non-hydrogen) atoms. The maximum absolute atomic E-state index is 13.3. The van der Waals surface area contributed by atoms with Gasteiger partial charge in [0.2, 0.25) is 0 Å². The molecule has 0 amide bonds. The molecule has 1 aromatic carbocycles. The Bertz CT molecular complexity index is 447. The van der Waals surface area contributed by atoms with Gasteiger partial charge < -0.3 is 0 Å². The van der Waals surface area contributed by atoms with E-state index in [-0.39, 0.29) is 17.3 Å². The molecule has 3 heteroatoms. The molecule has 0 bridgehead atoms. The molecule has 0 radical (unpaired) electrons. The number of benzene rings is 1. The van der Waals surface area contributed by atoms with Gasteiger partial charge >= 0.3 is 0 Å². The van der Waals surface area contributed by atoms with Crippen molar-refractivity contribution in [2.75, 3.05) is 0 Å². The van der Waals surface area contributed by atoms with Crippen molar-refractivity contribution in [2.45, 2.75) is 25.2 Å². The summed E-state index contributed by atoms with van der Waals surface area (Å²) >= 11 is 0. The molecule has 1 unspecified atom stereocenters. The highest BCUT2D eigenvalue weighted by molar-refractivity contribution is 5.87. The van der Waals surface area contributed by atoms with Gasteiger partial charge in [-0.05, 0) is 30.5 Å². The maximum atomic E-state index is 13.3. The topological polar surface area (TPSA) is 40.9 Å². The van der Waals surface area contributed by atoms with Crippen molar-refractivity contribution in [3.05, 3.63) is 35.1 Å². The van der Waals surface area contributed by atoms with Crippen LogP contribution in [-0.2, 0) is 4.79 Å². The van der Waals surface area contributed by atoms with E-state index in [2.05, 4.69) is 0 Å². The second-order valence-corrected chi connectivity index (χ2v) is 3.76. The van der Waals surface area contributed by atoms with Crippen molar-refractivity contribution in [1.82, 2.24) is 0 Å². The van der Waals surface area contributed by atoms with Crippen LogP contribution in [0.2, 0.25) is 0 Å². The van der Waals surface area contributed by atoms with Crippen molar-refractivity contribution in [2.24, 2.45) is 0 Å². The number of Topliss-reactive ketones (excluding diaryl/α,β-unsaturated/α-hetero) is 1. The molecule has 76 valence electrons. The Morgan fingerprint density at radius 3 is 2.80 bits per heavy atom. The van der Waals surface area contributed by atoms with E-state index in [1.54, 1.807) is 12.1 Å². The molecular weight excluding hydrogens is 193 g/mol. The molecule has 1 atom stereocenters. The number of halogens is 1. The number of nitriles is 1. The minimum atomic E-state index is -0.533. The van der Waals surface area contributed by atoms with Crippen LogP contribution in [0.1, 0.15) is 36.3 Å². The van der Waals surface area contributed by atoms with Gasteiger partial charge in [0.25, 0.3) is 0 Å². The third-order valence-electron chi connectivity index (χ3n) is 2.82. The van der Waals surface area contributed by atoms with Crippen LogP contribution in [0.4, 0.5) is 4.39 Å². The van der Waals surface area contributed by atoms with Crippen LogP contribution >= 0.6 is 0 Å². The molecule has 1 saturated carbocycles. The number of hydrogen-bond acceptors (Lipinski definition) is 2. The quantitative estimate of drug-likeness (QED) is 0.703. The highest BCUT2D eigenvalue weighted by Crippen LogP contribution is 2.31. The zero-order valence-electron chi connectivity index (χ0n) is 8.16. The van der Waals surface area contributed by atoms with Gasteiger partial charge in [-0.15, -0.1) is 0 Å². The SMILES string of the molecule is N#Cc1ccc(C2CCCC2=O)cc1F. The fourth-order valence-electron chi connectivity index (χ4n) is 2.01. The van der Waals surface area contributed by atoms with Gasteiger partial charge in [0.05, 0.1) is 5.56 Å². The summed E-state index contributed by atoms with van der Waals surface area (Å²) < 4.78 is 13.3. The Labute approximate surface area is 87.3 Å². The van der Waals surface area contributed by atoms with E-state index >= 15 is 0 Å². The summed E-state index contributed by atoms with van der Waals surface area (Å²) in [6.45, 7) is 0. The average Bonchev–Trinajstić information content (AvgIpc) is 2.64. The summed E-state index contributed by atoms with van der Waals surface area (Å²) in [5, 5.41) is 8.57. The Morgan fingerprint density at radius 1 is 1.47 bits per heavy atom. The van der Waals surface area contributed by atoms with Crippen LogP contribution in [0.15, 0.2) is 18.2 Å². The lowest BCUT2D eigenvalue weighted by Gasteiger charge is -2.08. The zero-order valence-corrected chi connectivity index (χ0v) is 8.16. The largest absolute Gasteiger partial charge is 0.299 e. The van der Waals surface area contributed by atoms with Crippen molar-refractivity contribution < 1.29 is 9.18 Å². The summed E-state index contributed by atoms with van der Waals surface area (Å²) in [6.07, 6.45) is 2.27. The Balaban J connectivity index is 2.34. The minimum absolute atomic E-state index is 0.0317. The zero-order chi connectivity index (χ0) is 10.8. The number of carbonyl (C=O) groups excluding carboxylic acids is 1. The van der Waals surface area contributed by atoms with E-state index in [0.717, 1.165) is 12.8 Å². The summed E-state index contributed by atoms with van der Waals surface area (Å²) in [4.78, 5) is 11.5. The Kier molecular flexibility index (Phi) is 2.51. The molecule has 0 aromatic heterocycles. The number of rotatable bonds is 1. The molecule has 0 heterocycles. The van der Waals surface area contributed by atoms with Crippen molar-refractivity contribution in [3.8, 4) is 6.07 Å². The molecule has 0 N–H and O–H groups in total. The van der Waals surface area contributed by atoms with Crippen molar-refractivity contribution in [3.63, 3.8) is 0 Å². The van der Waals surface area contributed by atoms with Gasteiger partial charge in [-0.25, -0.2) is 4.39 Å². The van der Waals surface area contributed by atoms with E-state index < -0.39 is 5.82 Å². The van der Waals surface area contributed by atoms with Gasteiger partial charge in [0.1, 0.15) is 17.7 Å². The fourth-order valence-corrected chi connectivity index (χ4v) is 2.01. The minimum Gasteiger partial charge on any atom is -0.299 e. The predicted molar refractivity (Wildman–Crippen MR) is 52.7 cm³/mol. The highest BCUT2D eigenvalue weighted by atomic mass is 19.1. The fraction of sp³-hybridized carbons (Fsp3) is 0.333. The predicted octanol–water partition coefficient (Wildman–Crippen LogP) is 2.53. The number of ketones is 1. The Morgan fingerprint density at radius 2 is 2.27 bits per heavy atom. The summed E-state index contributed by atoms with van der Waals surface area (Å²) in [5.74, 6) is -0.513. The molecule has 1 fully saturated rings. The van der Waals surface area contributed by atoms with Crippen molar-refractivity contribution >= 4 is 5.78 Å². The molecule has 0 aliphatic heterocycles. The van der Waals surface area contributed by atoms with E-state index in [9.17, 15) is 9.18 Å². The first-order chi connectivity index (χ1) is 7.22. The molecule has 1 aromatic rings. The van der Waals surface area contributed by atoms with E-state index in [0.29, 0.717) is 12.0 Å². The molecular formula is C12H10FNO. The van der Waals surface area contributed by atoms with Gasteiger partial charge in [-0.3, -0.25) is 4.79 Å². The molecule has 1 aliphatic carbocycles. The third kappa shape index (κ3) is 1.75. The molecule has 1 aliphatic rings. The van der Waals surface area contributed by atoms with Crippen molar-refractivity contribution in [1.29, 1.82) is 5.26 Å².